The van der Waals surface area contributed by atoms with Crippen molar-refractivity contribution in [3.63, 3.8) is 0 Å². The first-order chi connectivity index (χ1) is 11.3. The number of benzene rings is 2. The molecule has 0 saturated heterocycles. The fraction of sp³-hybridized carbons (Fsp3) is 0.118. The number of carbonyl (C=O) groups excluding carboxylic acids is 1. The number of hydrogen-bond donors (Lipinski definition) is 1. The van der Waals surface area contributed by atoms with Crippen molar-refractivity contribution < 1.29 is 13.2 Å². The second-order valence-electron chi connectivity index (χ2n) is 5.52. The van der Waals surface area contributed by atoms with E-state index in [4.69, 9.17) is 23.2 Å². The molecule has 0 fully saturated rings. The fourth-order valence-electron chi connectivity index (χ4n) is 2.63. The van der Waals surface area contributed by atoms with Crippen LogP contribution in [-0.2, 0) is 9.84 Å². The fourth-order valence-corrected chi connectivity index (χ4v) is 3.67. The maximum absolute atomic E-state index is 12.5. The zero-order valence-corrected chi connectivity index (χ0v) is 15.0. The van der Waals surface area contributed by atoms with Crippen LogP contribution in [0.15, 0.2) is 42.5 Å². The first-order valence-electron chi connectivity index (χ1n) is 7.04. The molecule has 1 aromatic heterocycles. The number of carbonyl (C=O) groups is 1. The van der Waals surface area contributed by atoms with Crippen LogP contribution in [0.5, 0.6) is 0 Å². The Labute approximate surface area is 149 Å². The lowest BCUT2D eigenvalue weighted by Gasteiger charge is -2.06. The summed E-state index contributed by atoms with van der Waals surface area (Å²) in [4.78, 5) is 15.5. The summed E-state index contributed by atoms with van der Waals surface area (Å²) in [6.45, 7) is 0. The number of nitrogens with one attached hydrogen (secondary N) is 1. The van der Waals surface area contributed by atoms with Crippen molar-refractivity contribution in [1.29, 1.82) is 0 Å². The molecule has 0 amide bonds. The zero-order valence-electron chi connectivity index (χ0n) is 12.6. The van der Waals surface area contributed by atoms with Crippen LogP contribution in [0.1, 0.15) is 10.5 Å². The number of fused-ring (bicyclic) bond motifs is 1. The minimum absolute atomic E-state index is 0.214. The second-order valence-corrected chi connectivity index (χ2v) is 8.44. The Morgan fingerprint density at radius 2 is 1.75 bits per heavy atom. The minimum Gasteiger partial charge on any atom is -0.352 e. The van der Waals surface area contributed by atoms with E-state index in [2.05, 4.69) is 4.98 Å². The van der Waals surface area contributed by atoms with Gasteiger partial charge in [0, 0.05) is 22.7 Å². The molecule has 0 spiro atoms. The van der Waals surface area contributed by atoms with Gasteiger partial charge in [-0.25, -0.2) is 8.42 Å². The Balaban J connectivity index is 2.34. The van der Waals surface area contributed by atoms with Crippen molar-refractivity contribution in [2.75, 3.05) is 12.0 Å². The lowest BCUT2D eigenvalue weighted by atomic mass is 10.0. The smallest absolute Gasteiger partial charge is 0.194 e. The number of H-pyrrole nitrogens is 1. The van der Waals surface area contributed by atoms with Crippen LogP contribution >= 0.6 is 23.2 Å². The number of sulfone groups is 1. The van der Waals surface area contributed by atoms with Crippen molar-refractivity contribution in [1.82, 2.24) is 4.98 Å². The van der Waals surface area contributed by atoms with Gasteiger partial charge in [0.05, 0.1) is 15.7 Å². The Morgan fingerprint density at radius 1 is 1.08 bits per heavy atom. The molecule has 2 aromatic carbocycles. The van der Waals surface area contributed by atoms with Gasteiger partial charge in [-0.3, -0.25) is 4.79 Å². The van der Waals surface area contributed by atoms with Crippen LogP contribution in [0.3, 0.4) is 0 Å². The molecule has 24 heavy (non-hydrogen) atoms. The van der Waals surface area contributed by atoms with Crippen LogP contribution in [0.2, 0.25) is 10.0 Å². The number of hydrogen-bond acceptors (Lipinski definition) is 3. The number of aromatic amines is 1. The van der Waals surface area contributed by atoms with E-state index < -0.39 is 21.4 Å². The monoisotopic (exact) mass is 381 g/mol. The van der Waals surface area contributed by atoms with E-state index in [9.17, 15) is 13.2 Å². The van der Waals surface area contributed by atoms with Crippen LogP contribution in [0.4, 0.5) is 0 Å². The third kappa shape index (κ3) is 3.20. The zero-order chi connectivity index (χ0) is 17.5. The van der Waals surface area contributed by atoms with Gasteiger partial charge in [0.25, 0.3) is 0 Å². The lowest BCUT2D eigenvalue weighted by molar-refractivity contribution is 0.101. The van der Waals surface area contributed by atoms with E-state index in [1.54, 1.807) is 12.1 Å². The molecule has 1 heterocycles. The second kappa shape index (κ2) is 6.24. The highest BCUT2D eigenvalue weighted by Gasteiger charge is 2.24. The largest absolute Gasteiger partial charge is 0.352 e. The Hall–Kier alpha value is -1.82. The van der Waals surface area contributed by atoms with Crippen molar-refractivity contribution in [3.8, 4) is 11.1 Å². The molecular formula is C17H13Cl2NO3S. The standard InChI is InChI=1S/C17H13Cl2NO3S/c1-24(22,23)9-13(21)17-14(10-5-3-2-4-6-10)15-12(20-17)8-7-11(18)16(15)19/h2-8,20H,9H2,1H3. The topological polar surface area (TPSA) is 67.0 Å². The molecule has 4 nitrogen and oxygen atoms in total. The average Bonchev–Trinajstić information content (AvgIpc) is 2.90. The molecule has 0 atom stereocenters. The van der Waals surface area contributed by atoms with Crippen LogP contribution in [-0.4, -0.2) is 31.2 Å². The maximum atomic E-state index is 12.5. The van der Waals surface area contributed by atoms with Crippen molar-refractivity contribution >= 4 is 49.7 Å². The number of ketones is 1. The summed E-state index contributed by atoms with van der Waals surface area (Å²) in [7, 11) is -3.45. The highest BCUT2D eigenvalue weighted by molar-refractivity contribution is 7.91. The highest BCUT2D eigenvalue weighted by atomic mass is 35.5. The van der Waals surface area contributed by atoms with E-state index in [-0.39, 0.29) is 5.69 Å². The Morgan fingerprint density at radius 3 is 2.38 bits per heavy atom. The number of rotatable bonds is 4. The SMILES string of the molecule is CS(=O)(=O)CC(=O)c1[nH]c2ccc(Cl)c(Cl)c2c1-c1ccccc1. The lowest BCUT2D eigenvalue weighted by Crippen LogP contribution is -2.15. The summed E-state index contributed by atoms with van der Waals surface area (Å²) in [5.74, 6) is -1.09. The van der Waals surface area contributed by atoms with E-state index in [0.717, 1.165) is 11.8 Å². The molecule has 0 aliphatic heterocycles. The van der Waals surface area contributed by atoms with Gasteiger partial charge in [0.1, 0.15) is 5.75 Å². The van der Waals surface area contributed by atoms with Crippen LogP contribution in [0, 0.1) is 0 Å². The molecule has 0 bridgehead atoms. The molecule has 7 heteroatoms. The van der Waals surface area contributed by atoms with Gasteiger partial charge in [-0.05, 0) is 17.7 Å². The number of halogens is 2. The van der Waals surface area contributed by atoms with Gasteiger partial charge in [0.15, 0.2) is 15.6 Å². The predicted molar refractivity (Wildman–Crippen MR) is 97.8 cm³/mol. The normalized spacial score (nSPS) is 11.8. The molecule has 1 N–H and O–H groups in total. The molecule has 0 saturated carbocycles. The average molecular weight is 382 g/mol. The van der Waals surface area contributed by atoms with Gasteiger partial charge in [-0.15, -0.1) is 0 Å². The van der Waals surface area contributed by atoms with Gasteiger partial charge in [0.2, 0.25) is 0 Å². The van der Waals surface area contributed by atoms with Gasteiger partial charge >= 0.3 is 0 Å². The summed E-state index contributed by atoms with van der Waals surface area (Å²) in [5.41, 5.74) is 2.16. The van der Waals surface area contributed by atoms with E-state index in [1.165, 1.54) is 0 Å². The van der Waals surface area contributed by atoms with Crippen LogP contribution in [0.25, 0.3) is 22.0 Å². The highest BCUT2D eigenvalue weighted by Crippen LogP contribution is 2.40. The molecule has 124 valence electrons. The molecule has 0 aliphatic carbocycles. The first kappa shape index (κ1) is 17.0. The van der Waals surface area contributed by atoms with Crippen molar-refractivity contribution in [2.45, 2.75) is 0 Å². The third-order valence-electron chi connectivity index (χ3n) is 3.59. The van der Waals surface area contributed by atoms with Crippen molar-refractivity contribution in [3.05, 3.63) is 58.2 Å². The van der Waals surface area contributed by atoms with Gasteiger partial charge in [-0.2, -0.15) is 0 Å². The summed E-state index contributed by atoms with van der Waals surface area (Å²) < 4.78 is 23.0. The Kier molecular flexibility index (Phi) is 4.42. The summed E-state index contributed by atoms with van der Waals surface area (Å²) in [6.07, 6.45) is 1.03. The van der Waals surface area contributed by atoms with E-state index >= 15 is 0 Å². The quantitative estimate of drug-likeness (QED) is 0.682. The number of Topliss-reactive ketones (excluding diaryl/α,β-unsaturated/α-hetero) is 1. The molecule has 3 aromatic rings. The molecule has 0 radical (unpaired) electrons. The van der Waals surface area contributed by atoms with Gasteiger partial charge in [-0.1, -0.05) is 53.5 Å². The number of aromatic nitrogens is 1. The maximum Gasteiger partial charge on any atom is 0.194 e. The van der Waals surface area contributed by atoms with Gasteiger partial charge < -0.3 is 4.98 Å². The third-order valence-corrected chi connectivity index (χ3v) is 5.18. The first-order valence-corrected chi connectivity index (χ1v) is 9.85. The van der Waals surface area contributed by atoms with E-state index in [0.29, 0.717) is 26.5 Å². The summed E-state index contributed by atoms with van der Waals surface area (Å²) >= 11 is 12.5. The summed E-state index contributed by atoms with van der Waals surface area (Å²) in [5, 5.41) is 1.29. The van der Waals surface area contributed by atoms with E-state index in [1.807, 2.05) is 30.3 Å². The molecule has 0 unspecified atom stereocenters. The van der Waals surface area contributed by atoms with Crippen LogP contribution < -0.4 is 0 Å². The molecule has 3 rings (SSSR count). The minimum atomic E-state index is -3.45. The Bertz CT molecular complexity index is 1040. The predicted octanol–water partition coefficient (Wildman–Crippen LogP) is 4.37. The molecular weight excluding hydrogens is 369 g/mol. The molecule has 0 aliphatic rings. The summed E-state index contributed by atoms with van der Waals surface area (Å²) in [6, 6.07) is 12.5. The van der Waals surface area contributed by atoms with Crippen molar-refractivity contribution in [2.24, 2.45) is 0 Å².